The molecule has 0 bridgehead atoms. The molecule has 0 N–H and O–H groups in total. The van der Waals surface area contributed by atoms with E-state index in [4.69, 9.17) is 14.3 Å². The number of ether oxygens (including phenoxy) is 2. The normalized spacial score (nSPS) is 11.9. The Kier molecular flexibility index (Phi) is 7.66. The van der Waals surface area contributed by atoms with Crippen LogP contribution in [0, 0.1) is 0 Å². The molecule has 0 saturated heterocycles. The van der Waals surface area contributed by atoms with E-state index in [2.05, 4.69) is 27.7 Å². The molecule has 6 heteroatoms. The zero-order valence-corrected chi connectivity index (χ0v) is 12.9. The van der Waals surface area contributed by atoms with Gasteiger partial charge in [0.1, 0.15) is 17.1 Å². The molecule has 0 radical (unpaired) electrons. The molecule has 18 heavy (non-hydrogen) atoms. The minimum atomic E-state index is -0.530. The Bertz CT molecular complexity index is 321. The molecule has 0 aliphatic rings. The summed E-state index contributed by atoms with van der Waals surface area (Å²) >= 11 is 3.23. The third-order valence-corrected chi connectivity index (χ3v) is 2.08. The number of alkyl halides is 1. The van der Waals surface area contributed by atoms with E-state index in [1.807, 2.05) is 6.92 Å². The van der Waals surface area contributed by atoms with E-state index >= 15 is 0 Å². The molecular weight excluding hydrogens is 302 g/mol. The number of nitrogens with zero attached hydrogens (tertiary/aromatic N) is 1. The lowest BCUT2D eigenvalue weighted by Crippen LogP contribution is -2.26. The highest BCUT2D eigenvalue weighted by Crippen LogP contribution is 2.07. The van der Waals surface area contributed by atoms with Crippen molar-refractivity contribution in [3.05, 3.63) is 12.3 Å². The van der Waals surface area contributed by atoms with Crippen LogP contribution in [0.15, 0.2) is 17.5 Å². The van der Waals surface area contributed by atoms with Gasteiger partial charge in [-0.1, -0.05) is 27.7 Å². The van der Waals surface area contributed by atoms with Crippen molar-refractivity contribution in [3.8, 4) is 0 Å². The largest absolute Gasteiger partial charge is 0.492 e. The van der Waals surface area contributed by atoms with E-state index in [1.165, 1.54) is 0 Å². The van der Waals surface area contributed by atoms with Crippen LogP contribution in [0.4, 0.5) is 0 Å². The molecule has 0 fully saturated rings. The third-order valence-electron chi connectivity index (χ3n) is 1.54. The molecule has 0 spiro atoms. The Balaban J connectivity index is 4.20. The van der Waals surface area contributed by atoms with Gasteiger partial charge in [0.2, 0.25) is 6.61 Å². The van der Waals surface area contributed by atoms with Gasteiger partial charge in [0.05, 0.1) is 11.9 Å². The lowest BCUT2D eigenvalue weighted by molar-refractivity contribution is -0.160. The van der Waals surface area contributed by atoms with Crippen LogP contribution in [0.5, 0.6) is 0 Å². The SMILES string of the molecule is C=C(OCC)/C(CBr)=N\OCC(=O)OC(C)(C)C. The number of halogens is 1. The van der Waals surface area contributed by atoms with E-state index in [1.54, 1.807) is 20.8 Å². The van der Waals surface area contributed by atoms with Gasteiger partial charge in [0.25, 0.3) is 0 Å². The molecule has 0 amide bonds. The van der Waals surface area contributed by atoms with Crippen molar-refractivity contribution in [1.82, 2.24) is 0 Å². The van der Waals surface area contributed by atoms with E-state index < -0.39 is 11.6 Å². The molecule has 0 aromatic heterocycles. The van der Waals surface area contributed by atoms with Gasteiger partial charge in [-0.2, -0.15) is 0 Å². The Labute approximate surface area is 116 Å². The number of carbonyl (C=O) groups excluding carboxylic acids is 1. The van der Waals surface area contributed by atoms with E-state index in [0.29, 0.717) is 23.4 Å². The van der Waals surface area contributed by atoms with Crippen molar-refractivity contribution >= 4 is 27.6 Å². The van der Waals surface area contributed by atoms with Crippen molar-refractivity contribution in [2.45, 2.75) is 33.3 Å². The van der Waals surface area contributed by atoms with E-state index in [0.717, 1.165) is 0 Å². The fourth-order valence-electron chi connectivity index (χ4n) is 0.941. The lowest BCUT2D eigenvalue weighted by atomic mass is 10.2. The quantitative estimate of drug-likeness (QED) is 0.238. The molecule has 5 nitrogen and oxygen atoms in total. The Morgan fingerprint density at radius 3 is 2.44 bits per heavy atom. The van der Waals surface area contributed by atoms with E-state index in [9.17, 15) is 4.79 Å². The highest BCUT2D eigenvalue weighted by molar-refractivity contribution is 9.09. The molecule has 0 rings (SSSR count). The van der Waals surface area contributed by atoms with Crippen molar-refractivity contribution in [2.75, 3.05) is 18.5 Å². The van der Waals surface area contributed by atoms with Crippen molar-refractivity contribution in [3.63, 3.8) is 0 Å². The first-order valence-electron chi connectivity index (χ1n) is 5.59. The summed E-state index contributed by atoms with van der Waals surface area (Å²) in [6.07, 6.45) is 0. The maximum atomic E-state index is 11.3. The summed E-state index contributed by atoms with van der Waals surface area (Å²) in [6.45, 7) is 11.2. The fourth-order valence-corrected chi connectivity index (χ4v) is 1.36. The standard InChI is InChI=1S/C12H20BrNO4/c1-6-16-9(2)10(7-13)14-17-8-11(15)18-12(3,4)5/h2,6-8H2,1,3-5H3/b14-10-. The van der Waals surface area contributed by atoms with Gasteiger partial charge in [-0.15, -0.1) is 0 Å². The molecule has 0 aromatic carbocycles. The Hall–Kier alpha value is -1.04. The van der Waals surface area contributed by atoms with Crippen LogP contribution < -0.4 is 0 Å². The lowest BCUT2D eigenvalue weighted by Gasteiger charge is -2.18. The maximum Gasteiger partial charge on any atom is 0.347 e. The highest BCUT2D eigenvalue weighted by atomic mass is 79.9. The van der Waals surface area contributed by atoms with Gasteiger partial charge in [0, 0.05) is 0 Å². The topological polar surface area (TPSA) is 57.1 Å². The second kappa shape index (κ2) is 8.13. The summed E-state index contributed by atoms with van der Waals surface area (Å²) < 4.78 is 10.2. The fraction of sp³-hybridized carbons (Fsp3) is 0.667. The van der Waals surface area contributed by atoms with Crippen LogP contribution >= 0.6 is 15.9 Å². The first kappa shape index (κ1) is 17.0. The Morgan fingerprint density at radius 2 is 2.00 bits per heavy atom. The summed E-state index contributed by atoms with van der Waals surface area (Å²) in [7, 11) is 0. The molecule has 0 heterocycles. The molecule has 0 aliphatic heterocycles. The minimum absolute atomic E-state index is 0.243. The predicted molar refractivity (Wildman–Crippen MR) is 73.8 cm³/mol. The molecule has 0 saturated carbocycles. The van der Waals surface area contributed by atoms with Gasteiger partial charge in [0.15, 0.2) is 0 Å². The van der Waals surface area contributed by atoms with Crippen molar-refractivity contribution in [2.24, 2.45) is 5.16 Å². The van der Waals surface area contributed by atoms with Crippen LogP contribution in [-0.4, -0.2) is 35.8 Å². The average molecular weight is 322 g/mol. The van der Waals surface area contributed by atoms with Gasteiger partial charge in [-0.05, 0) is 27.7 Å². The van der Waals surface area contributed by atoms with Gasteiger partial charge in [-0.25, -0.2) is 4.79 Å². The molecule has 0 unspecified atom stereocenters. The number of oxime groups is 1. The second-order valence-corrected chi connectivity index (χ2v) is 4.95. The van der Waals surface area contributed by atoms with Gasteiger partial charge >= 0.3 is 5.97 Å². The van der Waals surface area contributed by atoms with E-state index in [-0.39, 0.29) is 6.61 Å². The summed E-state index contributed by atoms with van der Waals surface area (Å²) in [5.41, 5.74) is -0.0300. The summed E-state index contributed by atoms with van der Waals surface area (Å²) in [5.74, 6) is -0.0549. The zero-order valence-electron chi connectivity index (χ0n) is 11.3. The third kappa shape index (κ3) is 8.11. The predicted octanol–water partition coefficient (Wildman–Crippen LogP) is 2.65. The molecule has 0 atom stereocenters. The second-order valence-electron chi connectivity index (χ2n) is 4.39. The number of allylic oxidation sites excluding steroid dienone is 1. The van der Waals surface area contributed by atoms with Crippen LogP contribution in [0.2, 0.25) is 0 Å². The average Bonchev–Trinajstić information content (AvgIpc) is 2.22. The molecule has 0 aliphatic carbocycles. The minimum Gasteiger partial charge on any atom is -0.492 e. The zero-order chi connectivity index (χ0) is 14.2. The van der Waals surface area contributed by atoms with Crippen molar-refractivity contribution in [1.29, 1.82) is 0 Å². The number of rotatable bonds is 7. The number of hydrogen-bond acceptors (Lipinski definition) is 5. The first-order chi connectivity index (χ1) is 8.30. The van der Waals surface area contributed by atoms with Crippen molar-refractivity contribution < 1.29 is 19.1 Å². The van der Waals surface area contributed by atoms with Crippen LogP contribution in [0.25, 0.3) is 0 Å². The monoisotopic (exact) mass is 321 g/mol. The summed E-state index contributed by atoms with van der Waals surface area (Å²) in [5, 5.41) is 4.21. The van der Waals surface area contributed by atoms with Crippen LogP contribution in [-0.2, 0) is 19.1 Å². The van der Waals surface area contributed by atoms with Crippen LogP contribution in [0.1, 0.15) is 27.7 Å². The Morgan fingerprint density at radius 1 is 1.39 bits per heavy atom. The molecule has 0 aromatic rings. The molecule has 104 valence electrons. The van der Waals surface area contributed by atoms with Gasteiger partial charge in [-0.3, -0.25) is 0 Å². The summed E-state index contributed by atoms with van der Waals surface area (Å²) in [4.78, 5) is 16.2. The van der Waals surface area contributed by atoms with Crippen LogP contribution in [0.3, 0.4) is 0 Å². The first-order valence-corrected chi connectivity index (χ1v) is 6.71. The van der Waals surface area contributed by atoms with Gasteiger partial charge < -0.3 is 14.3 Å². The number of hydrogen-bond donors (Lipinski definition) is 0. The number of carbonyl (C=O) groups is 1. The smallest absolute Gasteiger partial charge is 0.347 e. The maximum absolute atomic E-state index is 11.3. The summed E-state index contributed by atoms with van der Waals surface area (Å²) in [6, 6.07) is 0. The highest BCUT2D eigenvalue weighted by Gasteiger charge is 2.16. The molecular formula is C12H20BrNO4. The number of esters is 1.